The molecule has 108 valence electrons. The van der Waals surface area contributed by atoms with Gasteiger partial charge in [0, 0.05) is 18.4 Å². The van der Waals surface area contributed by atoms with Gasteiger partial charge in [-0.3, -0.25) is 0 Å². The van der Waals surface area contributed by atoms with Crippen LogP contribution in [0.3, 0.4) is 0 Å². The summed E-state index contributed by atoms with van der Waals surface area (Å²) in [4.78, 5) is 11.3. The Morgan fingerprint density at radius 3 is 2.95 bits per heavy atom. The fraction of sp³-hybridized carbons (Fsp3) is 0.571. The van der Waals surface area contributed by atoms with Crippen LogP contribution in [0.25, 0.3) is 10.2 Å². The lowest BCUT2D eigenvalue weighted by molar-refractivity contribution is 0.0480. The lowest BCUT2D eigenvalue weighted by Gasteiger charge is -2.32. The molecular weight excluding hydrogens is 338 g/mol. The molecular formula is C14H18BrN3OS. The second kappa shape index (κ2) is 6.37. The highest BCUT2D eigenvalue weighted by molar-refractivity contribution is 9.09. The van der Waals surface area contributed by atoms with E-state index in [1.54, 1.807) is 17.7 Å². The van der Waals surface area contributed by atoms with Crippen LogP contribution in [-0.2, 0) is 4.74 Å². The monoisotopic (exact) mass is 355 g/mol. The molecule has 1 aliphatic heterocycles. The van der Waals surface area contributed by atoms with Gasteiger partial charge in [-0.1, -0.05) is 15.9 Å². The Labute approximate surface area is 131 Å². The van der Waals surface area contributed by atoms with Crippen LogP contribution >= 0.6 is 27.3 Å². The molecule has 1 aliphatic rings. The van der Waals surface area contributed by atoms with Crippen LogP contribution < -0.4 is 4.90 Å². The zero-order valence-electron chi connectivity index (χ0n) is 11.5. The van der Waals surface area contributed by atoms with Crippen molar-refractivity contribution in [2.75, 3.05) is 29.9 Å². The molecule has 0 radical (unpaired) electrons. The number of piperidine rings is 1. The van der Waals surface area contributed by atoms with E-state index in [0.717, 1.165) is 49.2 Å². The van der Waals surface area contributed by atoms with Gasteiger partial charge in [0.2, 0.25) is 0 Å². The Hall–Kier alpha value is -0.720. The SMILES string of the molecule is Cc1csc2c(N3CCC(OCCBr)CC3)ncnc12. The molecule has 0 aliphatic carbocycles. The van der Waals surface area contributed by atoms with Gasteiger partial charge in [0.25, 0.3) is 0 Å². The Balaban J connectivity index is 1.73. The number of fused-ring (bicyclic) bond motifs is 1. The quantitative estimate of drug-likeness (QED) is 0.788. The third kappa shape index (κ3) is 2.82. The number of hydrogen-bond acceptors (Lipinski definition) is 5. The van der Waals surface area contributed by atoms with Gasteiger partial charge in [0.1, 0.15) is 12.1 Å². The molecule has 4 nitrogen and oxygen atoms in total. The van der Waals surface area contributed by atoms with Crippen molar-refractivity contribution in [1.29, 1.82) is 0 Å². The van der Waals surface area contributed by atoms with Gasteiger partial charge in [-0.05, 0) is 30.7 Å². The molecule has 3 rings (SSSR count). The van der Waals surface area contributed by atoms with E-state index in [1.165, 1.54) is 10.3 Å². The molecule has 0 aromatic carbocycles. The summed E-state index contributed by atoms with van der Waals surface area (Å²) in [5, 5.41) is 3.07. The fourth-order valence-electron chi connectivity index (χ4n) is 2.63. The molecule has 20 heavy (non-hydrogen) atoms. The highest BCUT2D eigenvalue weighted by Crippen LogP contribution is 2.32. The molecule has 0 bridgehead atoms. The predicted octanol–water partition coefficient (Wildman–Crippen LogP) is 3.38. The van der Waals surface area contributed by atoms with Crippen molar-refractivity contribution in [2.45, 2.75) is 25.9 Å². The molecule has 0 unspecified atom stereocenters. The first-order valence-electron chi connectivity index (χ1n) is 6.91. The Morgan fingerprint density at radius 2 is 2.20 bits per heavy atom. The van der Waals surface area contributed by atoms with Crippen molar-refractivity contribution < 1.29 is 4.74 Å². The van der Waals surface area contributed by atoms with Crippen molar-refractivity contribution in [1.82, 2.24) is 9.97 Å². The van der Waals surface area contributed by atoms with Crippen molar-refractivity contribution in [3.05, 3.63) is 17.3 Å². The van der Waals surface area contributed by atoms with Gasteiger partial charge in [-0.2, -0.15) is 0 Å². The van der Waals surface area contributed by atoms with Crippen LogP contribution in [0, 0.1) is 6.92 Å². The number of halogens is 1. The number of alkyl halides is 1. The average molecular weight is 356 g/mol. The van der Waals surface area contributed by atoms with Crippen LogP contribution in [0.5, 0.6) is 0 Å². The summed E-state index contributed by atoms with van der Waals surface area (Å²) < 4.78 is 7.02. The number of hydrogen-bond donors (Lipinski definition) is 0. The van der Waals surface area contributed by atoms with E-state index in [4.69, 9.17) is 4.74 Å². The molecule has 0 atom stereocenters. The highest BCUT2D eigenvalue weighted by Gasteiger charge is 2.22. The summed E-state index contributed by atoms with van der Waals surface area (Å²) in [5.41, 5.74) is 2.34. The van der Waals surface area contributed by atoms with Crippen molar-refractivity contribution in [2.24, 2.45) is 0 Å². The van der Waals surface area contributed by atoms with Crippen molar-refractivity contribution in [3.63, 3.8) is 0 Å². The number of nitrogens with zero attached hydrogens (tertiary/aromatic N) is 3. The van der Waals surface area contributed by atoms with E-state index in [9.17, 15) is 0 Å². The standard InChI is InChI=1S/C14H18BrN3OS/c1-10-8-20-13-12(10)16-9-17-14(13)18-5-2-11(3-6-18)19-7-4-15/h8-9,11H,2-7H2,1H3. The number of rotatable bonds is 4. The maximum atomic E-state index is 5.80. The second-order valence-electron chi connectivity index (χ2n) is 5.04. The van der Waals surface area contributed by atoms with Gasteiger partial charge >= 0.3 is 0 Å². The normalized spacial score (nSPS) is 17.0. The van der Waals surface area contributed by atoms with E-state index in [0.29, 0.717) is 6.10 Å². The summed E-state index contributed by atoms with van der Waals surface area (Å²) in [6, 6.07) is 0. The molecule has 3 heterocycles. The number of thiophene rings is 1. The molecule has 1 saturated heterocycles. The van der Waals surface area contributed by atoms with Crippen LogP contribution in [0.4, 0.5) is 5.82 Å². The largest absolute Gasteiger partial charge is 0.377 e. The Bertz CT molecular complexity index is 581. The van der Waals surface area contributed by atoms with Gasteiger partial charge in [-0.15, -0.1) is 11.3 Å². The third-order valence-corrected chi connectivity index (χ3v) is 5.09. The molecule has 0 amide bonds. The van der Waals surface area contributed by atoms with Crippen molar-refractivity contribution >= 4 is 43.3 Å². The number of ether oxygens (including phenoxy) is 1. The highest BCUT2D eigenvalue weighted by atomic mass is 79.9. The zero-order chi connectivity index (χ0) is 13.9. The number of anilines is 1. The smallest absolute Gasteiger partial charge is 0.150 e. The van der Waals surface area contributed by atoms with Gasteiger partial charge < -0.3 is 9.64 Å². The Morgan fingerprint density at radius 1 is 1.40 bits per heavy atom. The molecule has 6 heteroatoms. The van der Waals surface area contributed by atoms with E-state index in [1.807, 2.05) is 0 Å². The molecule has 1 fully saturated rings. The lowest BCUT2D eigenvalue weighted by Crippen LogP contribution is -2.37. The topological polar surface area (TPSA) is 38.2 Å². The van der Waals surface area contributed by atoms with Gasteiger partial charge in [0.05, 0.1) is 22.9 Å². The average Bonchev–Trinajstić information content (AvgIpc) is 2.87. The summed E-state index contributed by atoms with van der Waals surface area (Å²) >= 11 is 5.15. The molecule has 0 N–H and O–H groups in total. The zero-order valence-corrected chi connectivity index (χ0v) is 13.9. The Kier molecular flexibility index (Phi) is 4.53. The summed E-state index contributed by atoms with van der Waals surface area (Å²) in [6.45, 7) is 4.93. The van der Waals surface area contributed by atoms with Crippen LogP contribution in [0.2, 0.25) is 0 Å². The third-order valence-electron chi connectivity index (χ3n) is 3.68. The minimum Gasteiger partial charge on any atom is -0.377 e. The first-order valence-corrected chi connectivity index (χ1v) is 8.91. The van der Waals surface area contributed by atoms with Crippen LogP contribution in [0.1, 0.15) is 18.4 Å². The lowest BCUT2D eigenvalue weighted by atomic mass is 10.1. The molecule has 0 spiro atoms. The summed E-state index contributed by atoms with van der Waals surface area (Å²) in [5.74, 6) is 1.09. The second-order valence-corrected chi connectivity index (χ2v) is 6.71. The maximum Gasteiger partial charge on any atom is 0.150 e. The molecule has 2 aromatic rings. The van der Waals surface area contributed by atoms with E-state index in [-0.39, 0.29) is 0 Å². The first-order chi connectivity index (χ1) is 9.79. The van der Waals surface area contributed by atoms with Crippen molar-refractivity contribution in [3.8, 4) is 0 Å². The van der Waals surface area contributed by atoms with Crippen LogP contribution in [-0.4, -0.2) is 41.1 Å². The molecule has 2 aromatic heterocycles. The first kappa shape index (κ1) is 14.2. The van der Waals surface area contributed by atoms with E-state index >= 15 is 0 Å². The summed E-state index contributed by atoms with van der Waals surface area (Å²) in [7, 11) is 0. The van der Waals surface area contributed by atoms with E-state index in [2.05, 4.69) is 43.1 Å². The fourth-order valence-corrected chi connectivity index (χ4v) is 3.83. The minimum absolute atomic E-state index is 0.395. The van der Waals surface area contributed by atoms with E-state index < -0.39 is 0 Å². The van der Waals surface area contributed by atoms with Gasteiger partial charge in [0.15, 0.2) is 0 Å². The van der Waals surface area contributed by atoms with Crippen LogP contribution in [0.15, 0.2) is 11.7 Å². The minimum atomic E-state index is 0.395. The number of aromatic nitrogens is 2. The maximum absolute atomic E-state index is 5.80. The predicted molar refractivity (Wildman–Crippen MR) is 87.1 cm³/mol. The van der Waals surface area contributed by atoms with Gasteiger partial charge in [-0.25, -0.2) is 9.97 Å². The summed E-state index contributed by atoms with van der Waals surface area (Å²) in [6.07, 6.45) is 4.22. The number of aryl methyl sites for hydroxylation is 1. The molecule has 0 saturated carbocycles.